The Morgan fingerprint density at radius 1 is 1.15 bits per heavy atom. The minimum atomic E-state index is -4.42. The fourth-order valence-electron chi connectivity index (χ4n) is 3.57. The Bertz CT molecular complexity index is 744. The molecule has 3 rings (SSSR count). The van der Waals surface area contributed by atoms with Gasteiger partial charge in [-0.05, 0) is 43.4 Å². The molecule has 0 spiro atoms. The second-order valence-corrected chi connectivity index (χ2v) is 7.37. The standard InChI is InChI=1S/C19H23ClF3N3O/c20-16-12-24-26(13-16)18(25-9-2-1-3-10-25)8-7-17(27)14-5-4-6-15(11-14)19(21,22)23/h4-6,11-13,17-18,27H,1-3,7-10H2. The van der Waals surface area contributed by atoms with Crippen molar-refractivity contribution in [3.8, 4) is 0 Å². The van der Waals surface area contributed by atoms with E-state index in [1.807, 2.05) is 0 Å². The lowest BCUT2D eigenvalue weighted by molar-refractivity contribution is -0.137. The maximum atomic E-state index is 12.9. The Balaban J connectivity index is 1.71. The van der Waals surface area contributed by atoms with E-state index in [4.69, 9.17) is 11.6 Å². The van der Waals surface area contributed by atoms with Crippen molar-refractivity contribution < 1.29 is 18.3 Å². The van der Waals surface area contributed by atoms with Gasteiger partial charge >= 0.3 is 6.18 Å². The van der Waals surface area contributed by atoms with Crippen LogP contribution in [0.3, 0.4) is 0 Å². The maximum absolute atomic E-state index is 12.9. The molecular formula is C19H23ClF3N3O. The molecule has 2 unspecified atom stereocenters. The topological polar surface area (TPSA) is 41.3 Å². The first kappa shape index (κ1) is 20.2. The molecule has 0 aliphatic carbocycles. The van der Waals surface area contributed by atoms with Crippen LogP contribution in [0.15, 0.2) is 36.7 Å². The molecule has 4 nitrogen and oxygen atoms in total. The number of likely N-dealkylation sites (tertiary alicyclic amines) is 1. The second kappa shape index (κ2) is 8.63. The van der Waals surface area contributed by atoms with Gasteiger partial charge in [0, 0.05) is 19.3 Å². The quantitative estimate of drug-likeness (QED) is 0.736. The van der Waals surface area contributed by atoms with Crippen LogP contribution in [0.5, 0.6) is 0 Å². The molecule has 0 saturated carbocycles. The summed E-state index contributed by atoms with van der Waals surface area (Å²) in [5.74, 6) is 0. The van der Waals surface area contributed by atoms with Crippen LogP contribution >= 0.6 is 11.6 Å². The summed E-state index contributed by atoms with van der Waals surface area (Å²) in [5.41, 5.74) is -0.466. The van der Waals surface area contributed by atoms with Gasteiger partial charge in [-0.1, -0.05) is 30.2 Å². The van der Waals surface area contributed by atoms with Crippen LogP contribution in [0.4, 0.5) is 13.2 Å². The van der Waals surface area contributed by atoms with Crippen LogP contribution in [0.2, 0.25) is 5.02 Å². The predicted octanol–water partition coefficient (Wildman–Crippen LogP) is 5.05. The lowest BCUT2D eigenvalue weighted by Crippen LogP contribution is -2.37. The highest BCUT2D eigenvalue weighted by Crippen LogP contribution is 2.33. The van der Waals surface area contributed by atoms with Crippen molar-refractivity contribution in [1.82, 2.24) is 14.7 Å². The van der Waals surface area contributed by atoms with Gasteiger partial charge in [-0.3, -0.25) is 9.58 Å². The summed E-state index contributed by atoms with van der Waals surface area (Å²) in [6.07, 6.45) is 2.15. The molecule has 1 aliphatic rings. The van der Waals surface area contributed by atoms with Gasteiger partial charge in [-0.25, -0.2) is 0 Å². The summed E-state index contributed by atoms with van der Waals surface area (Å²) in [6.45, 7) is 1.86. The Morgan fingerprint density at radius 2 is 1.89 bits per heavy atom. The lowest BCUT2D eigenvalue weighted by Gasteiger charge is -2.35. The van der Waals surface area contributed by atoms with Gasteiger partial charge in [0.25, 0.3) is 0 Å². The monoisotopic (exact) mass is 401 g/mol. The van der Waals surface area contributed by atoms with Crippen LogP contribution in [-0.2, 0) is 6.18 Å². The van der Waals surface area contributed by atoms with Crippen molar-refractivity contribution in [2.45, 2.75) is 50.6 Å². The molecule has 0 amide bonds. The molecule has 1 saturated heterocycles. The average molecular weight is 402 g/mol. The second-order valence-electron chi connectivity index (χ2n) is 6.93. The normalized spacial score (nSPS) is 18.4. The van der Waals surface area contributed by atoms with Crippen molar-refractivity contribution in [2.75, 3.05) is 13.1 Å². The van der Waals surface area contributed by atoms with Gasteiger partial charge in [0.05, 0.1) is 22.9 Å². The van der Waals surface area contributed by atoms with E-state index < -0.39 is 17.8 Å². The van der Waals surface area contributed by atoms with Crippen molar-refractivity contribution >= 4 is 11.6 Å². The van der Waals surface area contributed by atoms with Gasteiger partial charge < -0.3 is 5.11 Å². The highest BCUT2D eigenvalue weighted by atomic mass is 35.5. The maximum Gasteiger partial charge on any atom is 0.416 e. The first-order chi connectivity index (χ1) is 12.8. The van der Waals surface area contributed by atoms with Gasteiger partial charge in [-0.2, -0.15) is 18.3 Å². The van der Waals surface area contributed by atoms with E-state index in [0.29, 0.717) is 17.9 Å². The summed E-state index contributed by atoms with van der Waals surface area (Å²) < 4.78 is 40.5. The Morgan fingerprint density at radius 3 is 2.52 bits per heavy atom. The highest BCUT2D eigenvalue weighted by Gasteiger charge is 2.31. The number of piperidine rings is 1. The van der Waals surface area contributed by atoms with Crippen molar-refractivity contribution in [3.63, 3.8) is 0 Å². The molecule has 1 aromatic carbocycles. The fourth-order valence-corrected chi connectivity index (χ4v) is 3.72. The molecular weight excluding hydrogens is 379 g/mol. The van der Waals surface area contributed by atoms with Gasteiger partial charge in [0.1, 0.15) is 6.17 Å². The number of hydrogen-bond donors (Lipinski definition) is 1. The molecule has 0 radical (unpaired) electrons. The molecule has 2 aromatic rings. The zero-order valence-corrected chi connectivity index (χ0v) is 15.6. The third-order valence-corrected chi connectivity index (χ3v) is 5.18. The van der Waals surface area contributed by atoms with Crippen LogP contribution in [0.25, 0.3) is 0 Å². The van der Waals surface area contributed by atoms with Gasteiger partial charge in [0.2, 0.25) is 0 Å². The zero-order valence-electron chi connectivity index (χ0n) is 14.9. The van der Waals surface area contributed by atoms with E-state index >= 15 is 0 Å². The number of aromatic nitrogens is 2. The number of aliphatic hydroxyl groups is 1. The van der Waals surface area contributed by atoms with E-state index in [1.54, 1.807) is 17.1 Å². The summed E-state index contributed by atoms with van der Waals surface area (Å²) in [6, 6.07) is 4.89. The zero-order chi connectivity index (χ0) is 19.4. The number of hydrogen-bond acceptors (Lipinski definition) is 3. The molecule has 0 bridgehead atoms. The summed E-state index contributed by atoms with van der Waals surface area (Å²) in [4.78, 5) is 2.30. The third kappa shape index (κ3) is 5.24. The summed E-state index contributed by atoms with van der Waals surface area (Å²) in [7, 11) is 0. The van der Waals surface area contributed by atoms with Gasteiger partial charge in [-0.15, -0.1) is 0 Å². The minimum absolute atomic E-state index is 0.0711. The molecule has 1 aromatic heterocycles. The highest BCUT2D eigenvalue weighted by molar-refractivity contribution is 6.30. The van der Waals surface area contributed by atoms with E-state index in [9.17, 15) is 18.3 Å². The SMILES string of the molecule is OC(CCC(N1CCCCC1)n1cc(Cl)cn1)c1cccc(C(F)(F)F)c1. The average Bonchev–Trinajstić information content (AvgIpc) is 3.08. The number of alkyl halides is 3. The Labute approximate surface area is 161 Å². The van der Waals surface area contributed by atoms with Gasteiger partial charge in [0.15, 0.2) is 0 Å². The molecule has 1 N–H and O–H groups in total. The Kier molecular flexibility index (Phi) is 6.44. The number of aliphatic hydroxyl groups excluding tert-OH is 1. The molecule has 148 valence electrons. The first-order valence-electron chi connectivity index (χ1n) is 9.13. The smallest absolute Gasteiger partial charge is 0.388 e. The van der Waals surface area contributed by atoms with E-state index in [0.717, 1.165) is 38.1 Å². The molecule has 1 fully saturated rings. The lowest BCUT2D eigenvalue weighted by atomic mass is 10.0. The van der Waals surface area contributed by atoms with Crippen molar-refractivity contribution in [3.05, 3.63) is 52.8 Å². The van der Waals surface area contributed by atoms with Crippen LogP contribution in [-0.4, -0.2) is 32.9 Å². The molecule has 2 atom stereocenters. The molecule has 1 aliphatic heterocycles. The van der Waals surface area contributed by atoms with E-state index in [-0.39, 0.29) is 11.7 Å². The number of benzene rings is 1. The summed E-state index contributed by atoms with van der Waals surface area (Å²) in [5, 5.41) is 15.3. The number of halogens is 4. The number of nitrogens with zero attached hydrogens (tertiary/aromatic N) is 3. The van der Waals surface area contributed by atoms with Crippen molar-refractivity contribution in [2.24, 2.45) is 0 Å². The Hall–Kier alpha value is -1.57. The molecule has 2 heterocycles. The summed E-state index contributed by atoms with van der Waals surface area (Å²) >= 11 is 6.00. The molecule has 8 heteroatoms. The van der Waals surface area contributed by atoms with E-state index in [2.05, 4.69) is 10.00 Å². The molecule has 27 heavy (non-hydrogen) atoms. The number of rotatable bonds is 6. The largest absolute Gasteiger partial charge is 0.416 e. The van der Waals surface area contributed by atoms with Crippen LogP contribution in [0, 0.1) is 0 Å². The van der Waals surface area contributed by atoms with E-state index in [1.165, 1.54) is 18.6 Å². The predicted molar refractivity (Wildman–Crippen MR) is 97.3 cm³/mol. The minimum Gasteiger partial charge on any atom is -0.388 e. The fraction of sp³-hybridized carbons (Fsp3) is 0.526. The third-order valence-electron chi connectivity index (χ3n) is 4.98. The van der Waals surface area contributed by atoms with Crippen LogP contribution in [0.1, 0.15) is 55.5 Å². The van der Waals surface area contributed by atoms with Crippen LogP contribution < -0.4 is 0 Å². The van der Waals surface area contributed by atoms with Crippen molar-refractivity contribution in [1.29, 1.82) is 0 Å². The first-order valence-corrected chi connectivity index (χ1v) is 9.51.